The fourth-order valence-electron chi connectivity index (χ4n) is 2.02. The van der Waals surface area contributed by atoms with Crippen molar-refractivity contribution >= 4 is 86.3 Å². The molecule has 0 spiro atoms. The molecule has 2 aromatic rings. The molecule has 2 aromatic carbocycles. The fourth-order valence-corrected chi connectivity index (χ4v) is 2.93. The summed E-state index contributed by atoms with van der Waals surface area (Å²) >= 11 is 25.4. The lowest BCUT2D eigenvalue weighted by Crippen LogP contribution is -2.56. The van der Waals surface area contributed by atoms with E-state index in [1.54, 1.807) is 12.1 Å². The van der Waals surface area contributed by atoms with Gasteiger partial charge in [-0.15, -0.1) is 0 Å². The Bertz CT molecular complexity index is 797. The lowest BCUT2D eigenvalue weighted by atomic mass is 10.2. The predicted molar refractivity (Wildman–Crippen MR) is 121 cm³/mol. The Labute approximate surface area is 186 Å². The normalized spacial score (nSPS) is 12.2. The lowest BCUT2D eigenvalue weighted by molar-refractivity contribution is 0.0934. The number of amides is 1. The van der Waals surface area contributed by atoms with Crippen LogP contribution in [0.1, 0.15) is 15.9 Å². The van der Waals surface area contributed by atoms with Crippen LogP contribution in [-0.4, -0.2) is 21.0 Å². The van der Waals surface area contributed by atoms with E-state index in [0.29, 0.717) is 5.56 Å². The molecule has 0 aliphatic rings. The molecule has 0 aromatic heterocycles. The Balaban J connectivity index is 2.07. The highest BCUT2D eigenvalue weighted by Crippen LogP contribution is 2.29. The largest absolute Gasteiger partial charge is 0.339 e. The van der Waals surface area contributed by atoms with E-state index in [9.17, 15) is 4.79 Å². The van der Waals surface area contributed by atoms with E-state index in [1.807, 2.05) is 43.3 Å². The van der Waals surface area contributed by atoms with Gasteiger partial charge in [-0.05, 0) is 77.6 Å². The smallest absolute Gasteiger partial charge is 0.252 e. The summed E-state index contributed by atoms with van der Waals surface area (Å²) in [5.74, 6) is -0.385. The maximum Gasteiger partial charge on any atom is 0.252 e. The van der Waals surface area contributed by atoms with Gasteiger partial charge in [-0.1, -0.05) is 53.0 Å². The molecule has 1 unspecified atom stereocenters. The highest BCUT2D eigenvalue weighted by Gasteiger charge is 2.34. The van der Waals surface area contributed by atoms with Gasteiger partial charge >= 0.3 is 0 Å². The van der Waals surface area contributed by atoms with Gasteiger partial charge in [0.15, 0.2) is 5.11 Å². The summed E-state index contributed by atoms with van der Waals surface area (Å²) in [6.45, 7) is 1.94. The van der Waals surface area contributed by atoms with Crippen molar-refractivity contribution in [1.29, 1.82) is 0 Å². The van der Waals surface area contributed by atoms with Crippen LogP contribution in [0.4, 0.5) is 5.69 Å². The first-order valence-electron chi connectivity index (χ1n) is 7.43. The Morgan fingerprint density at radius 1 is 1.08 bits per heavy atom. The van der Waals surface area contributed by atoms with Crippen molar-refractivity contribution in [3.63, 3.8) is 0 Å². The minimum Gasteiger partial charge on any atom is -0.339 e. The molecule has 0 aliphatic carbocycles. The van der Waals surface area contributed by atoms with Gasteiger partial charge in [0.2, 0.25) is 3.79 Å². The number of nitrogens with one attached hydrogen (secondary N) is 3. The quantitative estimate of drug-likeness (QED) is 0.220. The first kappa shape index (κ1) is 21.5. The Morgan fingerprint density at radius 2 is 1.69 bits per heavy atom. The molecule has 0 aliphatic heterocycles. The van der Waals surface area contributed by atoms with Crippen molar-refractivity contribution in [3.8, 4) is 0 Å². The molecule has 4 nitrogen and oxygen atoms in total. The number of thiocarbonyl (C=S) groups is 1. The number of aryl methyl sites for hydroxylation is 1. The third kappa shape index (κ3) is 6.42. The van der Waals surface area contributed by atoms with Crippen LogP contribution in [0, 0.1) is 10.5 Å². The van der Waals surface area contributed by atoms with Crippen molar-refractivity contribution in [2.45, 2.75) is 16.9 Å². The summed E-state index contributed by atoms with van der Waals surface area (Å²) < 4.78 is -0.796. The summed E-state index contributed by atoms with van der Waals surface area (Å²) in [6, 6.07) is 14.6. The topological polar surface area (TPSA) is 53.2 Å². The van der Waals surface area contributed by atoms with Crippen LogP contribution in [0.3, 0.4) is 0 Å². The lowest BCUT2D eigenvalue weighted by Gasteiger charge is -2.28. The van der Waals surface area contributed by atoms with Crippen LogP contribution in [-0.2, 0) is 0 Å². The Morgan fingerprint density at radius 3 is 2.27 bits per heavy atom. The molecule has 26 heavy (non-hydrogen) atoms. The molecule has 0 radical (unpaired) electrons. The molecule has 138 valence electrons. The monoisotopic (exact) mass is 541 g/mol. The van der Waals surface area contributed by atoms with Gasteiger partial charge in [0.05, 0.1) is 0 Å². The summed E-state index contributed by atoms with van der Waals surface area (Å²) in [6.07, 6.45) is -1.02. The van der Waals surface area contributed by atoms with E-state index >= 15 is 0 Å². The van der Waals surface area contributed by atoms with Gasteiger partial charge in [0, 0.05) is 14.8 Å². The maximum atomic E-state index is 12.4. The summed E-state index contributed by atoms with van der Waals surface area (Å²) in [5.41, 5.74) is 2.27. The van der Waals surface area contributed by atoms with E-state index in [4.69, 9.17) is 47.0 Å². The van der Waals surface area contributed by atoms with E-state index < -0.39 is 9.96 Å². The number of benzene rings is 2. The van der Waals surface area contributed by atoms with E-state index in [1.165, 1.54) is 0 Å². The van der Waals surface area contributed by atoms with Crippen molar-refractivity contribution in [2.75, 3.05) is 5.32 Å². The molecule has 0 fully saturated rings. The molecule has 0 heterocycles. The molecular formula is C17H15Cl3IN3OS. The second kappa shape index (κ2) is 9.41. The number of carbonyl (C=O) groups is 1. The second-order valence-corrected chi connectivity index (χ2v) is 9.39. The number of rotatable bonds is 4. The number of alkyl halides is 3. The third-order valence-corrected chi connectivity index (χ3v) is 4.97. The van der Waals surface area contributed by atoms with Gasteiger partial charge in [-0.25, -0.2) is 0 Å². The minimum absolute atomic E-state index is 0.221. The highest BCUT2D eigenvalue weighted by molar-refractivity contribution is 14.1. The summed E-state index contributed by atoms with van der Waals surface area (Å²) in [4.78, 5) is 12.4. The molecule has 0 bridgehead atoms. The van der Waals surface area contributed by atoms with Crippen LogP contribution in [0.25, 0.3) is 0 Å². The zero-order chi connectivity index (χ0) is 19.3. The van der Waals surface area contributed by atoms with Crippen LogP contribution >= 0.6 is 69.6 Å². The molecule has 2 rings (SSSR count). The molecule has 9 heteroatoms. The summed E-state index contributed by atoms with van der Waals surface area (Å²) in [7, 11) is 0. The molecule has 1 amide bonds. The minimum atomic E-state index is -1.81. The van der Waals surface area contributed by atoms with Crippen molar-refractivity contribution < 1.29 is 4.79 Å². The molecular weight excluding hydrogens is 528 g/mol. The van der Waals surface area contributed by atoms with Crippen LogP contribution in [0.5, 0.6) is 0 Å². The zero-order valence-corrected chi connectivity index (χ0v) is 18.8. The average Bonchev–Trinajstić information content (AvgIpc) is 2.56. The van der Waals surface area contributed by atoms with Gasteiger partial charge in [0.25, 0.3) is 5.91 Å². The predicted octanol–water partition coefficient (Wildman–Crippen LogP) is 5.01. The van der Waals surface area contributed by atoms with Gasteiger partial charge < -0.3 is 16.0 Å². The maximum absolute atomic E-state index is 12.4. The fraction of sp³-hybridized carbons (Fsp3) is 0.176. The van der Waals surface area contributed by atoms with Crippen LogP contribution < -0.4 is 16.0 Å². The number of halogens is 4. The second-order valence-electron chi connectivity index (χ2n) is 5.37. The Kier molecular flexibility index (Phi) is 7.78. The first-order valence-corrected chi connectivity index (χ1v) is 10.0. The summed E-state index contributed by atoms with van der Waals surface area (Å²) in [5, 5.41) is 8.73. The molecule has 3 N–H and O–H groups in total. The van der Waals surface area contributed by atoms with Crippen LogP contribution in [0.15, 0.2) is 48.5 Å². The van der Waals surface area contributed by atoms with E-state index in [0.717, 1.165) is 14.8 Å². The molecule has 1 atom stereocenters. The number of para-hydroxylation sites is 1. The van der Waals surface area contributed by atoms with E-state index in [2.05, 4.69) is 38.5 Å². The Hall–Kier alpha value is -0.800. The van der Waals surface area contributed by atoms with Gasteiger partial charge in [0.1, 0.15) is 6.17 Å². The number of hydrogen-bond acceptors (Lipinski definition) is 2. The van der Waals surface area contributed by atoms with E-state index in [-0.39, 0.29) is 11.0 Å². The van der Waals surface area contributed by atoms with Gasteiger partial charge in [-0.2, -0.15) is 0 Å². The molecule has 0 saturated heterocycles. The standard InChI is InChI=1S/C17H15Cl3IN3OS/c1-10-4-2-3-5-13(10)22-16(26)24-15(17(18,19)20)23-14(25)11-6-8-12(21)9-7-11/h2-9,15H,1H3,(H,23,25)(H2,22,24,26). The highest BCUT2D eigenvalue weighted by atomic mass is 127. The average molecular weight is 543 g/mol. The molecule has 0 saturated carbocycles. The number of anilines is 1. The van der Waals surface area contributed by atoms with Crippen molar-refractivity contribution in [2.24, 2.45) is 0 Å². The van der Waals surface area contributed by atoms with Crippen molar-refractivity contribution in [1.82, 2.24) is 10.6 Å². The zero-order valence-electron chi connectivity index (χ0n) is 13.5. The SMILES string of the molecule is Cc1ccccc1NC(=S)NC(NC(=O)c1ccc(I)cc1)C(Cl)(Cl)Cl. The van der Waals surface area contributed by atoms with Gasteiger partial charge in [-0.3, -0.25) is 4.79 Å². The first-order chi connectivity index (χ1) is 12.2. The number of carbonyl (C=O) groups excluding carboxylic acids is 1. The van der Waals surface area contributed by atoms with Crippen molar-refractivity contribution in [3.05, 3.63) is 63.2 Å². The number of hydrogen-bond donors (Lipinski definition) is 3. The third-order valence-electron chi connectivity index (χ3n) is 3.38. The van der Waals surface area contributed by atoms with Crippen LogP contribution in [0.2, 0.25) is 0 Å².